The van der Waals surface area contributed by atoms with Gasteiger partial charge in [-0.3, -0.25) is 4.79 Å². The van der Waals surface area contributed by atoms with Crippen molar-refractivity contribution in [3.8, 4) is 0 Å². The van der Waals surface area contributed by atoms with Crippen molar-refractivity contribution >= 4 is 27.3 Å². The first kappa shape index (κ1) is 18.0. The van der Waals surface area contributed by atoms with Gasteiger partial charge in [0.05, 0.1) is 17.1 Å². The number of sulfone groups is 1. The van der Waals surface area contributed by atoms with Crippen LogP contribution in [0.3, 0.4) is 0 Å². The summed E-state index contributed by atoms with van der Waals surface area (Å²) in [4.78, 5) is 14.7. The van der Waals surface area contributed by atoms with E-state index in [4.69, 9.17) is 11.6 Å². The van der Waals surface area contributed by atoms with Gasteiger partial charge in [-0.1, -0.05) is 41.9 Å². The fourth-order valence-electron chi connectivity index (χ4n) is 3.19. The van der Waals surface area contributed by atoms with E-state index in [2.05, 4.69) is 0 Å². The standard InChI is InChI=1S/C19H20ClNO3S/c20-16-10-8-15(9-11-16)13-19(22)21-12-4-5-17(21)14-25(23,24)18-6-2-1-3-7-18/h1-3,6-11,17H,4-5,12-14H2. The topological polar surface area (TPSA) is 54.5 Å². The van der Waals surface area contributed by atoms with Gasteiger partial charge >= 0.3 is 0 Å². The molecule has 0 radical (unpaired) electrons. The molecule has 0 N–H and O–H groups in total. The monoisotopic (exact) mass is 377 g/mol. The van der Waals surface area contributed by atoms with Crippen LogP contribution in [0, 0.1) is 0 Å². The summed E-state index contributed by atoms with van der Waals surface area (Å²) in [6.45, 7) is 0.612. The molecule has 1 amide bonds. The molecule has 0 saturated carbocycles. The van der Waals surface area contributed by atoms with E-state index >= 15 is 0 Å². The van der Waals surface area contributed by atoms with Crippen LogP contribution in [0.1, 0.15) is 18.4 Å². The molecule has 4 nitrogen and oxygen atoms in total. The Bertz CT molecular complexity index is 835. The third-order valence-corrected chi connectivity index (χ3v) is 6.55. The maximum Gasteiger partial charge on any atom is 0.227 e. The molecule has 1 saturated heterocycles. The zero-order valence-corrected chi connectivity index (χ0v) is 15.3. The number of nitrogens with zero attached hydrogens (tertiary/aromatic N) is 1. The van der Waals surface area contributed by atoms with Gasteiger partial charge in [-0.25, -0.2) is 8.42 Å². The van der Waals surface area contributed by atoms with Crippen molar-refractivity contribution in [1.82, 2.24) is 4.90 Å². The smallest absolute Gasteiger partial charge is 0.227 e. The predicted octanol–water partition coefficient (Wildman–Crippen LogP) is 3.35. The average molecular weight is 378 g/mol. The molecule has 25 heavy (non-hydrogen) atoms. The third kappa shape index (κ3) is 4.41. The summed E-state index contributed by atoms with van der Waals surface area (Å²) in [6, 6.07) is 15.3. The second kappa shape index (κ2) is 7.58. The van der Waals surface area contributed by atoms with E-state index in [1.54, 1.807) is 47.4 Å². The fraction of sp³-hybridized carbons (Fsp3) is 0.316. The Morgan fingerprint density at radius 3 is 2.44 bits per heavy atom. The number of rotatable bonds is 5. The minimum absolute atomic E-state index is 0.0244. The normalized spacial score (nSPS) is 17.6. The molecule has 0 aliphatic carbocycles. The summed E-state index contributed by atoms with van der Waals surface area (Å²) in [5.41, 5.74) is 0.881. The molecule has 0 spiro atoms. The van der Waals surface area contributed by atoms with Crippen LogP contribution in [0.4, 0.5) is 0 Å². The molecule has 2 aromatic rings. The summed E-state index contributed by atoms with van der Waals surface area (Å²) < 4.78 is 25.2. The van der Waals surface area contributed by atoms with Crippen molar-refractivity contribution in [2.24, 2.45) is 0 Å². The van der Waals surface area contributed by atoms with Gasteiger partial charge in [0.2, 0.25) is 5.91 Å². The number of amides is 1. The summed E-state index contributed by atoms with van der Waals surface area (Å²) in [7, 11) is -3.40. The molecule has 2 aromatic carbocycles. The van der Waals surface area contributed by atoms with Gasteiger partial charge < -0.3 is 4.90 Å². The van der Waals surface area contributed by atoms with Crippen molar-refractivity contribution in [1.29, 1.82) is 0 Å². The van der Waals surface area contributed by atoms with E-state index in [0.717, 1.165) is 18.4 Å². The van der Waals surface area contributed by atoms with Gasteiger partial charge in [-0.2, -0.15) is 0 Å². The van der Waals surface area contributed by atoms with E-state index in [1.807, 2.05) is 12.1 Å². The highest BCUT2D eigenvalue weighted by molar-refractivity contribution is 7.91. The molecule has 1 aliphatic heterocycles. The van der Waals surface area contributed by atoms with Gasteiger partial charge in [-0.05, 0) is 42.7 Å². The van der Waals surface area contributed by atoms with Crippen molar-refractivity contribution in [2.75, 3.05) is 12.3 Å². The quantitative estimate of drug-likeness (QED) is 0.802. The van der Waals surface area contributed by atoms with Crippen LogP contribution in [0.25, 0.3) is 0 Å². The zero-order valence-electron chi connectivity index (χ0n) is 13.8. The Kier molecular flexibility index (Phi) is 5.45. The lowest BCUT2D eigenvalue weighted by molar-refractivity contribution is -0.130. The molecule has 1 unspecified atom stereocenters. The Labute approximate surface area is 153 Å². The molecule has 0 bridgehead atoms. The number of carbonyl (C=O) groups excluding carboxylic acids is 1. The van der Waals surface area contributed by atoms with Gasteiger partial charge in [0.1, 0.15) is 0 Å². The fourth-order valence-corrected chi connectivity index (χ4v) is 4.94. The van der Waals surface area contributed by atoms with Crippen LogP contribution in [-0.4, -0.2) is 37.6 Å². The van der Waals surface area contributed by atoms with Crippen molar-refractivity contribution in [3.63, 3.8) is 0 Å². The predicted molar refractivity (Wildman–Crippen MR) is 98.4 cm³/mol. The van der Waals surface area contributed by atoms with E-state index in [0.29, 0.717) is 16.5 Å². The molecular weight excluding hydrogens is 358 g/mol. The lowest BCUT2D eigenvalue weighted by atomic mass is 10.1. The second-order valence-corrected chi connectivity index (χ2v) is 8.75. The van der Waals surface area contributed by atoms with E-state index < -0.39 is 9.84 Å². The second-order valence-electron chi connectivity index (χ2n) is 6.28. The third-order valence-electron chi connectivity index (χ3n) is 4.48. The molecule has 1 atom stereocenters. The number of benzene rings is 2. The lowest BCUT2D eigenvalue weighted by Crippen LogP contribution is -2.40. The highest BCUT2D eigenvalue weighted by Crippen LogP contribution is 2.23. The van der Waals surface area contributed by atoms with Gasteiger partial charge in [0, 0.05) is 17.6 Å². The molecular formula is C19H20ClNO3S. The molecule has 3 rings (SSSR count). The Hall–Kier alpha value is -1.85. The molecule has 6 heteroatoms. The van der Waals surface area contributed by atoms with Crippen LogP contribution < -0.4 is 0 Å². The zero-order chi connectivity index (χ0) is 17.9. The number of halogens is 1. The SMILES string of the molecule is O=C(Cc1ccc(Cl)cc1)N1CCCC1CS(=O)(=O)c1ccccc1. The number of hydrogen-bond donors (Lipinski definition) is 0. The lowest BCUT2D eigenvalue weighted by Gasteiger charge is -2.24. The highest BCUT2D eigenvalue weighted by Gasteiger charge is 2.32. The Balaban J connectivity index is 1.70. The number of carbonyl (C=O) groups is 1. The molecule has 1 heterocycles. The van der Waals surface area contributed by atoms with Gasteiger partial charge in [0.25, 0.3) is 0 Å². The Morgan fingerprint density at radius 1 is 1.08 bits per heavy atom. The summed E-state index contributed by atoms with van der Waals surface area (Å²) in [6.07, 6.45) is 1.82. The summed E-state index contributed by atoms with van der Waals surface area (Å²) in [5.74, 6) is -0.0586. The average Bonchev–Trinajstić information content (AvgIpc) is 3.05. The highest BCUT2D eigenvalue weighted by atomic mass is 35.5. The van der Waals surface area contributed by atoms with Gasteiger partial charge in [0.15, 0.2) is 9.84 Å². The van der Waals surface area contributed by atoms with Crippen LogP contribution in [0.15, 0.2) is 59.5 Å². The van der Waals surface area contributed by atoms with Crippen molar-refractivity contribution < 1.29 is 13.2 Å². The van der Waals surface area contributed by atoms with E-state index in [9.17, 15) is 13.2 Å². The number of hydrogen-bond acceptors (Lipinski definition) is 3. The molecule has 1 fully saturated rings. The van der Waals surface area contributed by atoms with Gasteiger partial charge in [-0.15, -0.1) is 0 Å². The first-order valence-electron chi connectivity index (χ1n) is 8.27. The first-order valence-corrected chi connectivity index (χ1v) is 10.3. The van der Waals surface area contributed by atoms with Crippen LogP contribution in [-0.2, 0) is 21.1 Å². The maximum absolute atomic E-state index is 12.6. The first-order chi connectivity index (χ1) is 12.0. The Morgan fingerprint density at radius 2 is 1.76 bits per heavy atom. The summed E-state index contributed by atoms with van der Waals surface area (Å²) in [5, 5.41) is 0.629. The van der Waals surface area contributed by atoms with Crippen molar-refractivity contribution in [2.45, 2.75) is 30.2 Å². The molecule has 0 aromatic heterocycles. The van der Waals surface area contributed by atoms with E-state index in [-0.39, 0.29) is 24.1 Å². The van der Waals surface area contributed by atoms with Crippen molar-refractivity contribution in [3.05, 3.63) is 65.2 Å². The van der Waals surface area contributed by atoms with E-state index in [1.165, 1.54) is 0 Å². The van der Waals surface area contributed by atoms with Crippen LogP contribution >= 0.6 is 11.6 Å². The number of likely N-dealkylation sites (tertiary alicyclic amines) is 1. The van der Waals surface area contributed by atoms with Crippen LogP contribution in [0.2, 0.25) is 5.02 Å². The minimum Gasteiger partial charge on any atom is -0.338 e. The molecule has 132 valence electrons. The maximum atomic E-state index is 12.6. The molecule has 1 aliphatic rings. The van der Waals surface area contributed by atoms with Crippen LogP contribution in [0.5, 0.6) is 0 Å². The minimum atomic E-state index is -3.40. The summed E-state index contributed by atoms with van der Waals surface area (Å²) >= 11 is 5.87. The largest absolute Gasteiger partial charge is 0.338 e.